The fourth-order valence-corrected chi connectivity index (χ4v) is 3.49. The largest absolute Gasteiger partial charge is 0.387 e. The third-order valence-electron chi connectivity index (χ3n) is 5.21. The minimum atomic E-state index is -1.18. The van der Waals surface area contributed by atoms with Crippen molar-refractivity contribution in [3.8, 4) is 0 Å². The van der Waals surface area contributed by atoms with Crippen LogP contribution in [0, 0.1) is 23.4 Å². The van der Waals surface area contributed by atoms with Crippen LogP contribution in [0.5, 0.6) is 0 Å². The highest BCUT2D eigenvalue weighted by Gasteiger charge is 2.28. The molecule has 1 aliphatic rings. The number of piperidine rings is 1. The second-order valence-electron chi connectivity index (χ2n) is 7.42. The van der Waals surface area contributed by atoms with Crippen LogP contribution in [0.25, 0.3) is 0 Å². The molecule has 0 saturated carbocycles. The van der Waals surface area contributed by atoms with Crippen LogP contribution in [0.2, 0.25) is 0 Å². The number of carbonyl (C=O) groups excluding carboxylic acids is 2. The number of aliphatic hydroxyl groups excluding tert-OH is 1. The van der Waals surface area contributed by atoms with E-state index in [1.54, 1.807) is 17.0 Å². The molecule has 1 heterocycles. The second kappa shape index (κ2) is 9.75. The first-order valence-electron chi connectivity index (χ1n) is 9.76. The third kappa shape index (κ3) is 5.60. The summed E-state index contributed by atoms with van der Waals surface area (Å²) in [4.78, 5) is 26.6. The van der Waals surface area contributed by atoms with Gasteiger partial charge in [0.05, 0.1) is 18.4 Å². The molecular weight excluding hydrogens is 397 g/mol. The summed E-state index contributed by atoms with van der Waals surface area (Å²) >= 11 is 0. The number of aliphatic hydroxyl groups is 1. The van der Waals surface area contributed by atoms with E-state index in [2.05, 4.69) is 5.32 Å². The number of rotatable bonds is 6. The molecule has 0 bridgehead atoms. The van der Waals surface area contributed by atoms with Gasteiger partial charge in [-0.05, 0) is 48.2 Å². The number of hydrogen-bond donors (Lipinski definition) is 2. The normalized spacial score (nSPS) is 17.5. The molecule has 2 N–H and O–H groups in total. The molecule has 0 radical (unpaired) electrons. The van der Waals surface area contributed by atoms with Crippen molar-refractivity contribution in [3.63, 3.8) is 0 Å². The molecule has 1 fully saturated rings. The minimum absolute atomic E-state index is 0.128. The van der Waals surface area contributed by atoms with E-state index in [1.165, 1.54) is 18.2 Å². The smallest absolute Gasteiger partial charge is 0.227 e. The summed E-state index contributed by atoms with van der Waals surface area (Å²) < 4.78 is 39.3. The molecule has 2 amide bonds. The van der Waals surface area contributed by atoms with Gasteiger partial charge in [-0.15, -0.1) is 0 Å². The van der Waals surface area contributed by atoms with Gasteiger partial charge in [-0.25, -0.2) is 13.2 Å². The molecule has 3 rings (SSSR count). The van der Waals surface area contributed by atoms with Crippen LogP contribution in [0.1, 0.15) is 30.1 Å². The highest BCUT2D eigenvalue weighted by atomic mass is 19.2. The number of carbonyl (C=O) groups is 2. The molecule has 0 aromatic heterocycles. The molecule has 5 nitrogen and oxygen atoms in total. The van der Waals surface area contributed by atoms with Crippen LogP contribution in [-0.2, 0) is 16.0 Å². The average molecular weight is 420 g/mol. The molecule has 30 heavy (non-hydrogen) atoms. The summed E-state index contributed by atoms with van der Waals surface area (Å²) in [7, 11) is 0. The highest BCUT2D eigenvalue weighted by molar-refractivity contribution is 5.82. The summed E-state index contributed by atoms with van der Waals surface area (Å²) in [5, 5.41) is 12.7. The lowest BCUT2D eigenvalue weighted by molar-refractivity contribution is -0.135. The summed E-state index contributed by atoms with van der Waals surface area (Å²) in [5.74, 6) is -3.32. The molecule has 8 heteroatoms. The summed E-state index contributed by atoms with van der Waals surface area (Å²) in [6.07, 6.45) is 0.222. The zero-order valence-corrected chi connectivity index (χ0v) is 16.3. The Bertz CT molecular complexity index is 905. The van der Waals surface area contributed by atoms with Gasteiger partial charge < -0.3 is 15.3 Å². The van der Waals surface area contributed by atoms with Gasteiger partial charge in [0, 0.05) is 19.6 Å². The Labute approximate surface area is 172 Å². The SMILES string of the molecule is O=C(NCC(O)c1ccc(F)c(F)c1)C1CCCN(C(=O)Cc2ccc(F)cc2)C1. The molecule has 0 aliphatic carbocycles. The molecular formula is C22H23F3N2O3. The Hall–Kier alpha value is -2.87. The average Bonchev–Trinajstić information content (AvgIpc) is 2.75. The summed E-state index contributed by atoms with van der Waals surface area (Å²) in [6.45, 7) is 0.651. The van der Waals surface area contributed by atoms with Gasteiger partial charge >= 0.3 is 0 Å². The lowest BCUT2D eigenvalue weighted by atomic mass is 9.96. The Morgan fingerprint density at radius 2 is 1.83 bits per heavy atom. The molecule has 1 saturated heterocycles. The first-order valence-corrected chi connectivity index (χ1v) is 9.76. The van der Waals surface area contributed by atoms with Crippen LogP contribution < -0.4 is 5.32 Å². The van der Waals surface area contributed by atoms with Crippen LogP contribution >= 0.6 is 0 Å². The Kier molecular flexibility index (Phi) is 7.10. The van der Waals surface area contributed by atoms with Crippen molar-refractivity contribution in [2.45, 2.75) is 25.4 Å². The number of benzene rings is 2. The molecule has 2 aromatic carbocycles. The van der Waals surface area contributed by atoms with Crippen molar-refractivity contribution in [1.29, 1.82) is 0 Å². The van der Waals surface area contributed by atoms with Gasteiger partial charge in [0.1, 0.15) is 5.82 Å². The monoisotopic (exact) mass is 420 g/mol. The quantitative estimate of drug-likeness (QED) is 0.755. The first kappa shape index (κ1) is 21.8. The molecule has 2 aromatic rings. The number of nitrogens with zero attached hydrogens (tertiary/aromatic N) is 1. The van der Waals surface area contributed by atoms with Crippen molar-refractivity contribution in [1.82, 2.24) is 10.2 Å². The summed E-state index contributed by atoms with van der Waals surface area (Å²) in [6, 6.07) is 8.78. The Morgan fingerprint density at radius 1 is 1.10 bits per heavy atom. The van der Waals surface area contributed by atoms with Crippen LogP contribution in [0.15, 0.2) is 42.5 Å². The molecule has 160 valence electrons. The topological polar surface area (TPSA) is 69.6 Å². The molecule has 2 unspecified atom stereocenters. The summed E-state index contributed by atoms with van der Waals surface area (Å²) in [5.41, 5.74) is 0.858. The van der Waals surface area contributed by atoms with Crippen molar-refractivity contribution >= 4 is 11.8 Å². The van der Waals surface area contributed by atoms with Gasteiger partial charge in [-0.1, -0.05) is 18.2 Å². The number of nitrogens with one attached hydrogen (secondary N) is 1. The predicted octanol–water partition coefficient (Wildman–Crippen LogP) is 2.73. The zero-order valence-electron chi connectivity index (χ0n) is 16.3. The van der Waals surface area contributed by atoms with Crippen LogP contribution in [0.4, 0.5) is 13.2 Å². The molecule has 2 atom stereocenters. The predicted molar refractivity (Wildman–Crippen MR) is 104 cm³/mol. The minimum Gasteiger partial charge on any atom is -0.387 e. The van der Waals surface area contributed by atoms with Gasteiger partial charge in [0.25, 0.3) is 0 Å². The number of likely N-dealkylation sites (tertiary alicyclic amines) is 1. The van der Waals surface area contributed by atoms with E-state index < -0.39 is 23.7 Å². The third-order valence-corrected chi connectivity index (χ3v) is 5.21. The first-order chi connectivity index (χ1) is 14.3. The van der Waals surface area contributed by atoms with E-state index in [0.717, 1.165) is 12.1 Å². The fraction of sp³-hybridized carbons (Fsp3) is 0.364. The second-order valence-corrected chi connectivity index (χ2v) is 7.42. The van der Waals surface area contributed by atoms with Crippen LogP contribution in [0.3, 0.4) is 0 Å². The number of hydrogen-bond acceptors (Lipinski definition) is 3. The zero-order chi connectivity index (χ0) is 21.7. The Balaban J connectivity index is 1.51. The van der Waals surface area contributed by atoms with E-state index in [1.807, 2.05) is 0 Å². The maximum absolute atomic E-state index is 13.3. The lowest BCUT2D eigenvalue weighted by Gasteiger charge is -2.32. The van der Waals surface area contributed by atoms with E-state index in [-0.39, 0.29) is 42.7 Å². The van der Waals surface area contributed by atoms with E-state index >= 15 is 0 Å². The van der Waals surface area contributed by atoms with Gasteiger partial charge in [-0.3, -0.25) is 9.59 Å². The number of amides is 2. The standard InChI is InChI=1S/C22H23F3N2O3/c23-17-6-3-14(4-7-17)10-21(29)27-9-1-2-16(13-27)22(30)26-12-20(28)15-5-8-18(24)19(25)11-15/h3-8,11,16,20,28H,1-2,9-10,12-13H2,(H,26,30). The van der Waals surface area contributed by atoms with Gasteiger partial charge in [0.15, 0.2) is 11.6 Å². The fourth-order valence-electron chi connectivity index (χ4n) is 3.49. The van der Waals surface area contributed by atoms with Crippen molar-refractivity contribution < 1.29 is 27.9 Å². The van der Waals surface area contributed by atoms with E-state index in [9.17, 15) is 27.9 Å². The van der Waals surface area contributed by atoms with Crippen molar-refractivity contribution in [2.24, 2.45) is 5.92 Å². The van der Waals surface area contributed by atoms with Crippen molar-refractivity contribution in [3.05, 3.63) is 71.0 Å². The van der Waals surface area contributed by atoms with Gasteiger partial charge in [-0.2, -0.15) is 0 Å². The molecule has 1 aliphatic heterocycles. The van der Waals surface area contributed by atoms with E-state index in [0.29, 0.717) is 24.9 Å². The van der Waals surface area contributed by atoms with Gasteiger partial charge in [0.2, 0.25) is 11.8 Å². The maximum atomic E-state index is 13.3. The van der Waals surface area contributed by atoms with Crippen molar-refractivity contribution in [2.75, 3.05) is 19.6 Å². The van der Waals surface area contributed by atoms with E-state index in [4.69, 9.17) is 0 Å². The maximum Gasteiger partial charge on any atom is 0.227 e. The lowest BCUT2D eigenvalue weighted by Crippen LogP contribution is -2.46. The highest BCUT2D eigenvalue weighted by Crippen LogP contribution is 2.19. The Morgan fingerprint density at radius 3 is 2.53 bits per heavy atom. The number of halogens is 3. The molecule has 0 spiro atoms. The van der Waals surface area contributed by atoms with Crippen LogP contribution in [-0.4, -0.2) is 41.5 Å².